The number of anilines is 4. The first-order valence-electron chi connectivity index (χ1n) is 12.2. The second-order valence-corrected chi connectivity index (χ2v) is 9.71. The van der Waals surface area contributed by atoms with Gasteiger partial charge in [0.05, 0.1) is 12.3 Å². The minimum Gasteiger partial charge on any atom is -0.395 e. The predicted molar refractivity (Wildman–Crippen MR) is 135 cm³/mol. The Morgan fingerprint density at radius 1 is 1.14 bits per heavy atom. The number of hydrogen-bond donors (Lipinski definition) is 5. The molecule has 3 heterocycles. The van der Waals surface area contributed by atoms with Gasteiger partial charge in [0.1, 0.15) is 11.4 Å². The molecule has 10 heteroatoms. The van der Waals surface area contributed by atoms with Crippen LogP contribution < -0.4 is 21.3 Å². The number of fused-ring (bicyclic) bond motifs is 1. The Kier molecular flexibility index (Phi) is 6.55. The summed E-state index contributed by atoms with van der Waals surface area (Å²) in [6.45, 7) is 5.40. The third-order valence-electron chi connectivity index (χ3n) is 6.58. The summed E-state index contributed by atoms with van der Waals surface area (Å²) in [7, 11) is 0. The molecular formula is C26H30FN7O2. The maximum atomic E-state index is 14.8. The van der Waals surface area contributed by atoms with Gasteiger partial charge in [-0.3, -0.25) is 4.79 Å². The predicted octanol–water partition coefficient (Wildman–Crippen LogP) is 3.31. The maximum absolute atomic E-state index is 14.8. The van der Waals surface area contributed by atoms with Gasteiger partial charge in [0.2, 0.25) is 5.95 Å². The summed E-state index contributed by atoms with van der Waals surface area (Å²) in [4.78, 5) is 26.1. The van der Waals surface area contributed by atoms with Crippen LogP contribution in [0.4, 0.5) is 27.7 Å². The number of nitrogens with one attached hydrogen (secondary N) is 4. The van der Waals surface area contributed by atoms with Crippen LogP contribution in [0, 0.1) is 5.82 Å². The van der Waals surface area contributed by atoms with Crippen LogP contribution >= 0.6 is 0 Å². The Morgan fingerprint density at radius 3 is 2.72 bits per heavy atom. The molecule has 0 atom stereocenters. The zero-order chi connectivity index (χ0) is 25.3. The van der Waals surface area contributed by atoms with Crippen molar-refractivity contribution < 1.29 is 14.3 Å². The van der Waals surface area contributed by atoms with Gasteiger partial charge in [-0.1, -0.05) is 6.07 Å². The second-order valence-electron chi connectivity index (χ2n) is 9.71. The number of pyridine rings is 1. The zero-order valence-corrected chi connectivity index (χ0v) is 20.4. The number of amides is 1. The molecule has 0 saturated heterocycles. The molecule has 36 heavy (non-hydrogen) atoms. The molecule has 1 aliphatic heterocycles. The number of carbonyl (C=O) groups excluding carboxylic acids is 1. The highest BCUT2D eigenvalue weighted by atomic mass is 19.1. The highest BCUT2D eigenvalue weighted by molar-refractivity contribution is 5.99. The summed E-state index contributed by atoms with van der Waals surface area (Å²) in [5.41, 5.74) is 3.67. The van der Waals surface area contributed by atoms with E-state index in [9.17, 15) is 14.3 Å². The van der Waals surface area contributed by atoms with Crippen molar-refractivity contribution in [3.05, 3.63) is 64.7 Å². The number of aliphatic hydroxyl groups is 1. The summed E-state index contributed by atoms with van der Waals surface area (Å²) in [5.74, 6) is -0.645. The van der Waals surface area contributed by atoms with Crippen molar-refractivity contribution in [1.29, 1.82) is 0 Å². The third kappa shape index (κ3) is 5.00. The molecule has 1 fully saturated rings. The van der Waals surface area contributed by atoms with Gasteiger partial charge in [0, 0.05) is 29.9 Å². The Hall–Kier alpha value is -3.63. The molecule has 9 nitrogen and oxygen atoms in total. The largest absolute Gasteiger partial charge is 0.395 e. The molecule has 1 amide bonds. The van der Waals surface area contributed by atoms with Gasteiger partial charge in [-0.2, -0.15) is 4.98 Å². The van der Waals surface area contributed by atoms with Crippen LogP contribution in [0.25, 0.3) is 0 Å². The van der Waals surface area contributed by atoms with E-state index in [4.69, 9.17) is 0 Å². The van der Waals surface area contributed by atoms with E-state index in [1.165, 1.54) is 23.4 Å². The van der Waals surface area contributed by atoms with E-state index in [-0.39, 0.29) is 41.7 Å². The molecule has 0 radical (unpaired) electrons. The van der Waals surface area contributed by atoms with E-state index in [1.54, 1.807) is 6.07 Å². The van der Waals surface area contributed by atoms with Crippen LogP contribution in [0.5, 0.6) is 0 Å². The summed E-state index contributed by atoms with van der Waals surface area (Å²) >= 11 is 0. The van der Waals surface area contributed by atoms with Crippen molar-refractivity contribution in [2.24, 2.45) is 0 Å². The maximum Gasteiger partial charge on any atom is 0.256 e. The van der Waals surface area contributed by atoms with Crippen LogP contribution in [-0.2, 0) is 18.4 Å². The molecule has 0 bridgehead atoms. The van der Waals surface area contributed by atoms with E-state index in [2.05, 4.69) is 42.3 Å². The molecule has 0 spiro atoms. The monoisotopic (exact) mass is 491 g/mol. The fourth-order valence-corrected chi connectivity index (χ4v) is 4.31. The number of benzene rings is 1. The lowest BCUT2D eigenvalue weighted by molar-refractivity contribution is 0.0943. The molecule has 5 N–H and O–H groups in total. The summed E-state index contributed by atoms with van der Waals surface area (Å²) in [6.07, 6.45) is 3.98. The summed E-state index contributed by atoms with van der Waals surface area (Å²) < 4.78 is 14.8. The smallest absolute Gasteiger partial charge is 0.256 e. The van der Waals surface area contributed by atoms with E-state index in [0.717, 1.165) is 38.0 Å². The van der Waals surface area contributed by atoms with Gasteiger partial charge in [0.15, 0.2) is 11.6 Å². The van der Waals surface area contributed by atoms with E-state index in [0.29, 0.717) is 5.69 Å². The molecule has 188 valence electrons. The molecule has 2 aliphatic rings. The first-order chi connectivity index (χ1) is 17.4. The summed E-state index contributed by atoms with van der Waals surface area (Å²) in [6, 6.07) is 8.90. The van der Waals surface area contributed by atoms with Gasteiger partial charge in [-0.05, 0) is 75.0 Å². The van der Waals surface area contributed by atoms with Crippen LogP contribution in [0.1, 0.15) is 53.9 Å². The van der Waals surface area contributed by atoms with Crippen molar-refractivity contribution in [1.82, 2.24) is 25.6 Å². The van der Waals surface area contributed by atoms with E-state index >= 15 is 0 Å². The highest BCUT2D eigenvalue weighted by Gasteiger charge is 2.45. The van der Waals surface area contributed by atoms with Gasteiger partial charge < -0.3 is 26.4 Å². The average molecular weight is 492 g/mol. The molecule has 2 aromatic heterocycles. The highest BCUT2D eigenvalue weighted by Crippen LogP contribution is 2.47. The van der Waals surface area contributed by atoms with Gasteiger partial charge in [-0.15, -0.1) is 0 Å². The Balaban J connectivity index is 1.47. The molecule has 0 unspecified atom stereocenters. The SMILES string of the molecule is CC(C)NC(=O)c1cnc(Nc2ccc3c(c2)CNCC3)nc1Nc1nc(C2(CO)CC2)ccc1F. The van der Waals surface area contributed by atoms with E-state index in [1.807, 2.05) is 26.0 Å². The molecule has 3 aromatic rings. The normalized spacial score (nSPS) is 15.8. The van der Waals surface area contributed by atoms with Crippen LogP contribution in [0.2, 0.25) is 0 Å². The van der Waals surface area contributed by atoms with Crippen molar-refractivity contribution in [2.75, 3.05) is 23.8 Å². The van der Waals surface area contributed by atoms with Gasteiger partial charge in [-0.25, -0.2) is 14.4 Å². The number of nitrogens with zero attached hydrogens (tertiary/aromatic N) is 3. The second kappa shape index (κ2) is 9.79. The lowest BCUT2D eigenvalue weighted by Gasteiger charge is -2.18. The molecule has 1 saturated carbocycles. The lowest BCUT2D eigenvalue weighted by atomic mass is 10.0. The first kappa shape index (κ1) is 24.1. The number of carbonyl (C=O) groups is 1. The minimum absolute atomic E-state index is 0.0506. The van der Waals surface area contributed by atoms with Crippen LogP contribution in [-0.4, -0.2) is 45.2 Å². The standard InChI is InChI=1S/C26H30FN7O2/c1-15(2)30-24(36)19-13-29-25(31-18-4-3-16-7-10-28-12-17(16)11-18)34-22(19)33-23-20(27)5-6-21(32-23)26(14-35)8-9-26/h3-6,11,13,15,28,35H,7-10,12,14H2,1-2H3,(H,30,36)(H2,29,31,32,33,34). The minimum atomic E-state index is -0.585. The van der Waals surface area contributed by atoms with Crippen molar-refractivity contribution in [3.8, 4) is 0 Å². The zero-order valence-electron chi connectivity index (χ0n) is 20.4. The number of halogens is 1. The number of aromatic nitrogens is 3. The number of aliphatic hydroxyl groups excluding tert-OH is 1. The van der Waals surface area contributed by atoms with Crippen LogP contribution in [0.3, 0.4) is 0 Å². The van der Waals surface area contributed by atoms with Crippen LogP contribution in [0.15, 0.2) is 36.5 Å². The van der Waals surface area contributed by atoms with E-state index < -0.39 is 11.2 Å². The molecule has 1 aromatic carbocycles. The Bertz CT molecular complexity index is 1290. The molecule has 5 rings (SSSR count). The van der Waals surface area contributed by atoms with Gasteiger partial charge in [0.25, 0.3) is 5.91 Å². The van der Waals surface area contributed by atoms with Crippen molar-refractivity contribution in [3.63, 3.8) is 0 Å². The topological polar surface area (TPSA) is 124 Å². The number of rotatable bonds is 8. The third-order valence-corrected chi connectivity index (χ3v) is 6.58. The fraction of sp³-hybridized carbons (Fsp3) is 0.385. The Morgan fingerprint density at radius 2 is 1.97 bits per heavy atom. The van der Waals surface area contributed by atoms with Crippen molar-refractivity contribution in [2.45, 2.75) is 51.1 Å². The quantitative estimate of drug-likeness (QED) is 0.325. The van der Waals surface area contributed by atoms with Gasteiger partial charge >= 0.3 is 0 Å². The molecular weight excluding hydrogens is 461 g/mol. The fourth-order valence-electron chi connectivity index (χ4n) is 4.31. The lowest BCUT2D eigenvalue weighted by Crippen LogP contribution is -2.31. The number of hydrogen-bond acceptors (Lipinski definition) is 8. The molecule has 1 aliphatic carbocycles. The summed E-state index contributed by atoms with van der Waals surface area (Å²) in [5, 5.41) is 22.1. The first-order valence-corrected chi connectivity index (χ1v) is 12.2. The average Bonchev–Trinajstić information content (AvgIpc) is 3.66. The van der Waals surface area contributed by atoms with Crippen molar-refractivity contribution >= 4 is 29.2 Å². The Labute approximate surface area is 209 Å².